The molecule has 0 unspecified atom stereocenters. The van der Waals surface area contributed by atoms with Crippen LogP contribution in [0.1, 0.15) is 23.0 Å². The zero-order valence-corrected chi connectivity index (χ0v) is 16.3. The van der Waals surface area contributed by atoms with E-state index in [-0.39, 0.29) is 17.9 Å². The third kappa shape index (κ3) is 5.11. The van der Waals surface area contributed by atoms with Gasteiger partial charge in [0.25, 0.3) is 5.91 Å². The predicted octanol–water partition coefficient (Wildman–Crippen LogP) is 2.27. The largest absolute Gasteiger partial charge is 0.450 e. The van der Waals surface area contributed by atoms with E-state index in [1.807, 2.05) is 19.1 Å². The lowest BCUT2D eigenvalue weighted by Gasteiger charge is -2.10. The van der Waals surface area contributed by atoms with Gasteiger partial charge in [-0.15, -0.1) is 0 Å². The maximum absolute atomic E-state index is 12.1. The van der Waals surface area contributed by atoms with Crippen molar-refractivity contribution < 1.29 is 23.5 Å². The van der Waals surface area contributed by atoms with E-state index in [4.69, 9.17) is 9.15 Å². The number of carbonyl (C=O) groups excluding carboxylic acids is 3. The minimum Gasteiger partial charge on any atom is -0.450 e. The zero-order chi connectivity index (χ0) is 21.5. The Labute approximate surface area is 171 Å². The highest BCUT2D eigenvalue weighted by Gasteiger charge is 2.16. The second-order valence-electron chi connectivity index (χ2n) is 6.38. The molecule has 0 atom stereocenters. The summed E-state index contributed by atoms with van der Waals surface area (Å²) in [5.74, 6) is -2.32. The molecule has 2 aromatic carbocycles. The molecule has 1 heterocycles. The van der Waals surface area contributed by atoms with Crippen LogP contribution in [0.15, 0.2) is 63.8 Å². The van der Waals surface area contributed by atoms with Crippen molar-refractivity contribution in [2.45, 2.75) is 13.3 Å². The average Bonchev–Trinajstić information content (AvgIpc) is 2.76. The molecule has 0 aliphatic carbocycles. The SMILES string of the molecule is CCc1ccccc1NC(=O)CNC(=O)COC(=O)c1cc(=O)c2ccccc2o1. The fourth-order valence-electron chi connectivity index (χ4n) is 2.78. The van der Waals surface area contributed by atoms with E-state index in [0.717, 1.165) is 18.1 Å². The number of para-hydroxylation sites is 2. The van der Waals surface area contributed by atoms with Gasteiger partial charge < -0.3 is 19.8 Å². The number of nitrogens with one attached hydrogen (secondary N) is 2. The Kier molecular flexibility index (Phi) is 6.59. The zero-order valence-electron chi connectivity index (χ0n) is 16.3. The minimum absolute atomic E-state index is 0.241. The van der Waals surface area contributed by atoms with Crippen LogP contribution in [0, 0.1) is 0 Å². The topological polar surface area (TPSA) is 115 Å². The number of ether oxygens (including phenoxy) is 1. The first-order chi connectivity index (χ1) is 14.5. The number of fused-ring (bicyclic) bond motifs is 1. The standard InChI is InChI=1S/C22H20N2O6/c1-2-14-7-3-5-9-16(14)24-20(26)12-23-21(27)13-29-22(28)19-11-17(25)15-8-4-6-10-18(15)30-19/h3-11H,2,12-13H2,1H3,(H,23,27)(H,24,26). The van der Waals surface area contributed by atoms with Gasteiger partial charge in [0.1, 0.15) is 5.58 Å². The Balaban J connectivity index is 1.50. The van der Waals surface area contributed by atoms with Crippen molar-refractivity contribution in [2.24, 2.45) is 0 Å². The number of hydrogen-bond donors (Lipinski definition) is 2. The molecule has 8 heteroatoms. The molecule has 0 fully saturated rings. The van der Waals surface area contributed by atoms with Crippen LogP contribution in [-0.4, -0.2) is 30.9 Å². The van der Waals surface area contributed by atoms with Crippen LogP contribution in [0.5, 0.6) is 0 Å². The normalized spacial score (nSPS) is 10.4. The van der Waals surface area contributed by atoms with E-state index in [1.54, 1.807) is 36.4 Å². The summed E-state index contributed by atoms with van der Waals surface area (Å²) in [7, 11) is 0. The summed E-state index contributed by atoms with van der Waals surface area (Å²) in [6.45, 7) is 1.08. The molecule has 0 radical (unpaired) electrons. The first kappa shape index (κ1) is 20.8. The molecule has 3 rings (SSSR count). The number of rotatable bonds is 7. The number of aryl methyl sites for hydroxylation is 1. The monoisotopic (exact) mass is 408 g/mol. The van der Waals surface area contributed by atoms with E-state index in [2.05, 4.69) is 10.6 Å². The van der Waals surface area contributed by atoms with Crippen LogP contribution in [0.25, 0.3) is 11.0 Å². The first-order valence-electron chi connectivity index (χ1n) is 9.32. The molecule has 2 N–H and O–H groups in total. The van der Waals surface area contributed by atoms with Crippen molar-refractivity contribution >= 4 is 34.4 Å². The minimum atomic E-state index is -0.950. The number of carbonyl (C=O) groups is 3. The van der Waals surface area contributed by atoms with Crippen LogP contribution in [0.4, 0.5) is 5.69 Å². The molecule has 154 valence electrons. The smallest absolute Gasteiger partial charge is 0.374 e. The molecular formula is C22H20N2O6. The molecule has 1 aromatic heterocycles. The second kappa shape index (κ2) is 9.51. The Hall–Kier alpha value is -3.94. The van der Waals surface area contributed by atoms with Gasteiger partial charge in [0.2, 0.25) is 11.7 Å². The molecule has 0 aliphatic heterocycles. The van der Waals surface area contributed by atoms with E-state index in [0.29, 0.717) is 11.1 Å². The molecule has 2 amide bonds. The van der Waals surface area contributed by atoms with E-state index >= 15 is 0 Å². The Morgan fingerprint density at radius 1 is 1.00 bits per heavy atom. The summed E-state index contributed by atoms with van der Waals surface area (Å²) in [4.78, 5) is 48.0. The van der Waals surface area contributed by atoms with Crippen molar-refractivity contribution in [3.8, 4) is 0 Å². The number of amides is 2. The number of hydrogen-bond acceptors (Lipinski definition) is 6. The van der Waals surface area contributed by atoms with Crippen molar-refractivity contribution in [1.29, 1.82) is 0 Å². The van der Waals surface area contributed by atoms with Gasteiger partial charge in [-0.25, -0.2) is 4.79 Å². The van der Waals surface area contributed by atoms with Crippen LogP contribution >= 0.6 is 0 Å². The molecule has 0 aliphatic rings. The summed E-state index contributed by atoms with van der Waals surface area (Å²) in [5, 5.41) is 5.42. The molecule has 0 spiro atoms. The third-order valence-corrected chi connectivity index (χ3v) is 4.29. The van der Waals surface area contributed by atoms with Crippen molar-refractivity contribution in [3.63, 3.8) is 0 Å². The lowest BCUT2D eigenvalue weighted by molar-refractivity contribution is -0.126. The van der Waals surface area contributed by atoms with E-state index < -0.39 is 29.8 Å². The second-order valence-corrected chi connectivity index (χ2v) is 6.38. The Bertz CT molecular complexity index is 1150. The maximum atomic E-state index is 12.1. The number of anilines is 1. The number of benzene rings is 2. The molecule has 8 nitrogen and oxygen atoms in total. The Morgan fingerprint density at radius 2 is 1.73 bits per heavy atom. The summed E-state index contributed by atoms with van der Waals surface area (Å²) in [5.41, 5.74) is 1.50. The molecule has 3 aromatic rings. The van der Waals surface area contributed by atoms with Gasteiger partial charge in [0.05, 0.1) is 11.9 Å². The molecular weight excluding hydrogens is 388 g/mol. The highest BCUT2D eigenvalue weighted by Crippen LogP contribution is 2.15. The molecule has 0 saturated heterocycles. The number of esters is 1. The summed E-state index contributed by atoms with van der Waals surface area (Å²) in [6.07, 6.45) is 0.754. The fourth-order valence-corrected chi connectivity index (χ4v) is 2.78. The fraction of sp³-hybridized carbons (Fsp3) is 0.182. The summed E-state index contributed by atoms with van der Waals surface area (Å²) in [6, 6.07) is 14.8. The van der Waals surface area contributed by atoms with Crippen LogP contribution < -0.4 is 16.1 Å². The molecule has 30 heavy (non-hydrogen) atoms. The van der Waals surface area contributed by atoms with E-state index in [1.165, 1.54) is 0 Å². The molecule has 0 saturated carbocycles. The lowest BCUT2D eigenvalue weighted by atomic mass is 10.1. The Morgan fingerprint density at radius 3 is 2.53 bits per heavy atom. The van der Waals surface area contributed by atoms with Gasteiger partial charge in [0.15, 0.2) is 12.0 Å². The van der Waals surface area contributed by atoms with Gasteiger partial charge in [-0.3, -0.25) is 14.4 Å². The summed E-state index contributed by atoms with van der Waals surface area (Å²) >= 11 is 0. The van der Waals surface area contributed by atoms with Gasteiger partial charge in [-0.05, 0) is 30.2 Å². The first-order valence-corrected chi connectivity index (χ1v) is 9.32. The van der Waals surface area contributed by atoms with E-state index in [9.17, 15) is 19.2 Å². The van der Waals surface area contributed by atoms with Gasteiger partial charge in [-0.1, -0.05) is 37.3 Å². The van der Waals surface area contributed by atoms with Crippen LogP contribution in [-0.2, 0) is 20.7 Å². The van der Waals surface area contributed by atoms with Crippen molar-refractivity contribution in [2.75, 3.05) is 18.5 Å². The lowest BCUT2D eigenvalue weighted by Crippen LogP contribution is -2.35. The quantitative estimate of drug-likeness (QED) is 0.580. The van der Waals surface area contributed by atoms with Gasteiger partial charge in [0, 0.05) is 11.8 Å². The third-order valence-electron chi connectivity index (χ3n) is 4.29. The predicted molar refractivity (Wildman–Crippen MR) is 110 cm³/mol. The average molecular weight is 408 g/mol. The maximum Gasteiger partial charge on any atom is 0.374 e. The summed E-state index contributed by atoms with van der Waals surface area (Å²) < 4.78 is 10.2. The highest BCUT2D eigenvalue weighted by molar-refractivity contribution is 5.96. The van der Waals surface area contributed by atoms with Gasteiger partial charge in [-0.2, -0.15) is 0 Å². The van der Waals surface area contributed by atoms with Crippen molar-refractivity contribution in [1.82, 2.24) is 5.32 Å². The van der Waals surface area contributed by atoms with Crippen LogP contribution in [0.3, 0.4) is 0 Å². The van der Waals surface area contributed by atoms with Crippen molar-refractivity contribution in [3.05, 3.63) is 76.1 Å². The highest BCUT2D eigenvalue weighted by atomic mass is 16.5. The van der Waals surface area contributed by atoms with Crippen LogP contribution in [0.2, 0.25) is 0 Å². The van der Waals surface area contributed by atoms with Gasteiger partial charge >= 0.3 is 5.97 Å². The molecule has 0 bridgehead atoms.